The molecule has 0 amide bonds. The molecule has 2 aromatic rings. The first-order valence-corrected chi connectivity index (χ1v) is 5.90. The minimum absolute atomic E-state index is 0.369. The van der Waals surface area contributed by atoms with Gasteiger partial charge >= 0.3 is 0 Å². The molecule has 2 aromatic heterocycles. The third-order valence-electron chi connectivity index (χ3n) is 2.50. The standard InChI is InChI=1S/C11H14N6S/c1-17-7-15-16-10(17)3-5-14-9-6-8(11(12)18)2-4-13-9/h2,4,6-7H,3,5H2,1H3,(H2,12,18)(H,13,14). The van der Waals surface area contributed by atoms with Crippen LogP contribution in [-0.4, -0.2) is 31.3 Å². The van der Waals surface area contributed by atoms with E-state index in [2.05, 4.69) is 20.5 Å². The van der Waals surface area contributed by atoms with Gasteiger partial charge in [-0.25, -0.2) is 4.98 Å². The summed E-state index contributed by atoms with van der Waals surface area (Å²) < 4.78 is 1.89. The van der Waals surface area contributed by atoms with Crippen molar-refractivity contribution in [2.75, 3.05) is 11.9 Å². The maximum atomic E-state index is 5.56. The Hall–Kier alpha value is -2.02. The van der Waals surface area contributed by atoms with Crippen molar-refractivity contribution in [2.45, 2.75) is 6.42 Å². The van der Waals surface area contributed by atoms with Crippen LogP contribution >= 0.6 is 12.2 Å². The summed E-state index contributed by atoms with van der Waals surface area (Å²) in [5.74, 6) is 1.68. The quantitative estimate of drug-likeness (QED) is 0.764. The molecule has 0 aliphatic heterocycles. The summed E-state index contributed by atoms with van der Waals surface area (Å²) >= 11 is 4.92. The van der Waals surface area contributed by atoms with Gasteiger partial charge in [0, 0.05) is 31.8 Å². The maximum Gasteiger partial charge on any atom is 0.134 e. The molecule has 0 atom stereocenters. The lowest BCUT2D eigenvalue weighted by molar-refractivity contribution is 0.787. The molecule has 0 aromatic carbocycles. The highest BCUT2D eigenvalue weighted by molar-refractivity contribution is 7.80. The number of hydrogen-bond acceptors (Lipinski definition) is 5. The molecule has 6 nitrogen and oxygen atoms in total. The van der Waals surface area contributed by atoms with Gasteiger partial charge in [0.2, 0.25) is 0 Å². The number of anilines is 1. The number of aromatic nitrogens is 4. The fourth-order valence-corrected chi connectivity index (χ4v) is 1.64. The Morgan fingerprint density at radius 3 is 3.06 bits per heavy atom. The molecule has 0 unspecified atom stereocenters. The second-order valence-electron chi connectivity index (χ2n) is 3.83. The van der Waals surface area contributed by atoms with Gasteiger partial charge in [-0.05, 0) is 12.1 Å². The van der Waals surface area contributed by atoms with Gasteiger partial charge in [-0.2, -0.15) is 0 Å². The molecule has 2 heterocycles. The summed E-state index contributed by atoms with van der Waals surface area (Å²) in [5.41, 5.74) is 6.37. The summed E-state index contributed by atoms with van der Waals surface area (Å²) in [5, 5.41) is 11.0. The van der Waals surface area contributed by atoms with Crippen LogP contribution in [0.3, 0.4) is 0 Å². The van der Waals surface area contributed by atoms with Crippen LogP contribution in [0.15, 0.2) is 24.7 Å². The van der Waals surface area contributed by atoms with Crippen LogP contribution in [0.1, 0.15) is 11.4 Å². The molecule has 0 saturated carbocycles. The summed E-state index contributed by atoms with van der Waals surface area (Å²) in [7, 11) is 1.92. The zero-order valence-electron chi connectivity index (χ0n) is 10.00. The Labute approximate surface area is 110 Å². The molecule has 0 aliphatic carbocycles. The van der Waals surface area contributed by atoms with Crippen LogP contribution in [0.25, 0.3) is 0 Å². The van der Waals surface area contributed by atoms with E-state index in [4.69, 9.17) is 18.0 Å². The Morgan fingerprint density at radius 2 is 2.39 bits per heavy atom. The summed E-state index contributed by atoms with van der Waals surface area (Å²) in [4.78, 5) is 4.56. The van der Waals surface area contributed by atoms with E-state index in [9.17, 15) is 0 Å². The van der Waals surface area contributed by atoms with Crippen molar-refractivity contribution in [3.63, 3.8) is 0 Å². The third-order valence-corrected chi connectivity index (χ3v) is 2.74. The molecule has 0 bridgehead atoms. The molecular formula is C11H14N6S. The zero-order valence-corrected chi connectivity index (χ0v) is 10.8. The van der Waals surface area contributed by atoms with Gasteiger partial charge in [-0.15, -0.1) is 10.2 Å². The second-order valence-corrected chi connectivity index (χ2v) is 4.27. The number of aryl methyl sites for hydroxylation is 1. The molecule has 18 heavy (non-hydrogen) atoms. The maximum absolute atomic E-state index is 5.56. The predicted octanol–water partition coefficient (Wildman–Crippen LogP) is 0.499. The van der Waals surface area contributed by atoms with Crippen LogP contribution in [-0.2, 0) is 13.5 Å². The largest absolute Gasteiger partial charge is 0.389 e. The van der Waals surface area contributed by atoms with E-state index in [0.717, 1.165) is 30.2 Å². The number of nitrogens with one attached hydrogen (secondary N) is 1. The molecule has 94 valence electrons. The zero-order chi connectivity index (χ0) is 13.0. The van der Waals surface area contributed by atoms with E-state index < -0.39 is 0 Å². The minimum atomic E-state index is 0.369. The van der Waals surface area contributed by atoms with Gasteiger partial charge in [0.05, 0.1) is 0 Å². The van der Waals surface area contributed by atoms with Gasteiger partial charge < -0.3 is 15.6 Å². The van der Waals surface area contributed by atoms with E-state index in [1.807, 2.05) is 17.7 Å². The summed E-state index contributed by atoms with van der Waals surface area (Å²) in [6, 6.07) is 3.62. The first-order valence-electron chi connectivity index (χ1n) is 5.49. The topological polar surface area (TPSA) is 81.7 Å². The lowest BCUT2D eigenvalue weighted by atomic mass is 10.2. The average molecular weight is 262 g/mol. The SMILES string of the molecule is Cn1cnnc1CCNc1cc(C(N)=S)ccn1. The predicted molar refractivity (Wildman–Crippen MR) is 73.3 cm³/mol. The van der Waals surface area contributed by atoms with Crippen LogP contribution in [0.5, 0.6) is 0 Å². The van der Waals surface area contributed by atoms with Gasteiger partial charge in [0.25, 0.3) is 0 Å². The number of hydrogen-bond donors (Lipinski definition) is 2. The first-order chi connectivity index (χ1) is 8.66. The van der Waals surface area contributed by atoms with Crippen LogP contribution in [0.4, 0.5) is 5.82 Å². The van der Waals surface area contributed by atoms with Gasteiger partial charge in [-0.3, -0.25) is 0 Å². The Kier molecular flexibility index (Phi) is 3.83. The Balaban J connectivity index is 1.92. The van der Waals surface area contributed by atoms with Crippen molar-refractivity contribution < 1.29 is 0 Å². The van der Waals surface area contributed by atoms with Gasteiger partial charge in [0.1, 0.15) is 23.0 Å². The third kappa shape index (κ3) is 3.01. The molecule has 0 aliphatic rings. The Bertz CT molecular complexity index is 550. The van der Waals surface area contributed by atoms with Crippen molar-refractivity contribution in [3.05, 3.63) is 36.0 Å². The van der Waals surface area contributed by atoms with Crippen molar-refractivity contribution in [1.82, 2.24) is 19.7 Å². The monoisotopic (exact) mass is 262 g/mol. The highest BCUT2D eigenvalue weighted by Gasteiger charge is 2.02. The van der Waals surface area contributed by atoms with Crippen molar-refractivity contribution in [3.8, 4) is 0 Å². The molecule has 0 saturated heterocycles. The number of nitrogens with two attached hydrogens (primary N) is 1. The molecule has 3 N–H and O–H groups in total. The smallest absolute Gasteiger partial charge is 0.134 e. The van der Waals surface area contributed by atoms with E-state index in [0.29, 0.717) is 4.99 Å². The highest BCUT2D eigenvalue weighted by Crippen LogP contribution is 2.06. The fraction of sp³-hybridized carbons (Fsp3) is 0.273. The summed E-state index contributed by atoms with van der Waals surface area (Å²) in [6.45, 7) is 0.723. The van der Waals surface area contributed by atoms with Crippen molar-refractivity contribution >= 4 is 23.0 Å². The molecule has 0 fully saturated rings. The number of thiocarbonyl (C=S) groups is 1. The van der Waals surface area contributed by atoms with E-state index in [-0.39, 0.29) is 0 Å². The molecule has 0 radical (unpaired) electrons. The highest BCUT2D eigenvalue weighted by atomic mass is 32.1. The number of pyridine rings is 1. The van der Waals surface area contributed by atoms with Crippen LogP contribution in [0.2, 0.25) is 0 Å². The molecular weight excluding hydrogens is 248 g/mol. The van der Waals surface area contributed by atoms with E-state index >= 15 is 0 Å². The second kappa shape index (κ2) is 5.54. The van der Waals surface area contributed by atoms with Crippen molar-refractivity contribution in [1.29, 1.82) is 0 Å². The van der Waals surface area contributed by atoms with E-state index in [1.54, 1.807) is 18.6 Å². The number of nitrogens with zero attached hydrogens (tertiary/aromatic N) is 4. The van der Waals surface area contributed by atoms with Crippen molar-refractivity contribution in [2.24, 2.45) is 12.8 Å². The molecule has 0 spiro atoms. The average Bonchev–Trinajstić information content (AvgIpc) is 2.76. The van der Waals surface area contributed by atoms with E-state index in [1.165, 1.54) is 0 Å². The lowest BCUT2D eigenvalue weighted by Gasteiger charge is -2.06. The summed E-state index contributed by atoms with van der Waals surface area (Å²) in [6.07, 6.45) is 4.13. The van der Waals surface area contributed by atoms with Gasteiger partial charge in [-0.1, -0.05) is 12.2 Å². The lowest BCUT2D eigenvalue weighted by Crippen LogP contribution is -2.12. The minimum Gasteiger partial charge on any atom is -0.389 e. The fourth-order valence-electron chi connectivity index (χ4n) is 1.52. The van der Waals surface area contributed by atoms with Gasteiger partial charge in [0.15, 0.2) is 0 Å². The first kappa shape index (κ1) is 12.4. The van der Waals surface area contributed by atoms with Crippen LogP contribution in [0, 0.1) is 0 Å². The van der Waals surface area contributed by atoms with Crippen LogP contribution < -0.4 is 11.1 Å². The Morgan fingerprint density at radius 1 is 1.56 bits per heavy atom. The normalized spacial score (nSPS) is 10.3. The molecule has 7 heteroatoms. The molecule has 2 rings (SSSR count). The number of rotatable bonds is 5.